The standard InChI is InChI=1S/C18H20ClN3O3/c1-13(20-17(23)16-6-3-11-25-16)18(24)22-9-7-21(8-10-22)15-5-2-4-14(19)12-15/h2-6,11-13H,7-10H2,1H3,(H,20,23)/t13-/m1/s1. The number of rotatable bonds is 4. The largest absolute Gasteiger partial charge is 0.459 e. The van der Waals surface area contributed by atoms with Crippen LogP contribution in [0.3, 0.4) is 0 Å². The minimum Gasteiger partial charge on any atom is -0.459 e. The Morgan fingerprint density at radius 2 is 1.92 bits per heavy atom. The van der Waals surface area contributed by atoms with Gasteiger partial charge in [0.1, 0.15) is 6.04 Å². The lowest BCUT2D eigenvalue weighted by molar-refractivity contribution is -0.133. The molecule has 132 valence electrons. The van der Waals surface area contributed by atoms with Gasteiger partial charge in [0.05, 0.1) is 6.26 Å². The number of carbonyl (C=O) groups is 2. The molecule has 3 rings (SSSR count). The molecule has 1 aromatic heterocycles. The molecule has 0 unspecified atom stereocenters. The van der Waals surface area contributed by atoms with Crippen LogP contribution in [-0.2, 0) is 4.79 Å². The zero-order valence-corrected chi connectivity index (χ0v) is 14.7. The fraction of sp³-hybridized carbons (Fsp3) is 0.333. The second kappa shape index (κ2) is 7.61. The Labute approximate surface area is 151 Å². The molecule has 2 heterocycles. The van der Waals surface area contributed by atoms with Crippen molar-refractivity contribution >= 4 is 29.1 Å². The van der Waals surface area contributed by atoms with Crippen molar-refractivity contribution in [3.8, 4) is 0 Å². The zero-order valence-electron chi connectivity index (χ0n) is 13.9. The van der Waals surface area contributed by atoms with Gasteiger partial charge in [-0.3, -0.25) is 9.59 Å². The third kappa shape index (κ3) is 4.14. The van der Waals surface area contributed by atoms with E-state index in [9.17, 15) is 9.59 Å². The van der Waals surface area contributed by atoms with E-state index in [1.165, 1.54) is 6.26 Å². The van der Waals surface area contributed by atoms with Crippen molar-refractivity contribution in [1.82, 2.24) is 10.2 Å². The van der Waals surface area contributed by atoms with Crippen LogP contribution >= 0.6 is 11.6 Å². The Kier molecular flexibility index (Phi) is 5.28. The van der Waals surface area contributed by atoms with Gasteiger partial charge in [-0.15, -0.1) is 0 Å². The van der Waals surface area contributed by atoms with Gasteiger partial charge in [-0.05, 0) is 37.3 Å². The number of hydrogen-bond donors (Lipinski definition) is 1. The predicted molar refractivity (Wildman–Crippen MR) is 95.9 cm³/mol. The van der Waals surface area contributed by atoms with Crippen LogP contribution in [-0.4, -0.2) is 48.9 Å². The maximum absolute atomic E-state index is 12.5. The van der Waals surface area contributed by atoms with Gasteiger partial charge in [-0.2, -0.15) is 0 Å². The summed E-state index contributed by atoms with van der Waals surface area (Å²) in [6.45, 7) is 4.35. The van der Waals surface area contributed by atoms with E-state index in [1.807, 2.05) is 24.3 Å². The van der Waals surface area contributed by atoms with E-state index in [1.54, 1.807) is 24.0 Å². The molecule has 1 atom stereocenters. The fourth-order valence-corrected chi connectivity index (χ4v) is 3.05. The number of carbonyl (C=O) groups excluding carboxylic acids is 2. The minimum absolute atomic E-state index is 0.0920. The first-order chi connectivity index (χ1) is 12.0. The molecule has 2 amide bonds. The maximum Gasteiger partial charge on any atom is 0.287 e. The average Bonchev–Trinajstić information content (AvgIpc) is 3.16. The van der Waals surface area contributed by atoms with Crippen molar-refractivity contribution < 1.29 is 14.0 Å². The van der Waals surface area contributed by atoms with Crippen LogP contribution in [0.2, 0.25) is 5.02 Å². The summed E-state index contributed by atoms with van der Waals surface area (Å²) in [6.07, 6.45) is 1.43. The molecule has 0 aliphatic carbocycles. The van der Waals surface area contributed by atoms with E-state index in [4.69, 9.17) is 16.0 Å². The molecule has 0 saturated carbocycles. The third-order valence-electron chi connectivity index (χ3n) is 4.23. The van der Waals surface area contributed by atoms with Gasteiger partial charge >= 0.3 is 0 Å². The topological polar surface area (TPSA) is 65.8 Å². The average molecular weight is 362 g/mol. The number of anilines is 1. The smallest absolute Gasteiger partial charge is 0.287 e. The van der Waals surface area contributed by atoms with Crippen LogP contribution in [0.5, 0.6) is 0 Å². The van der Waals surface area contributed by atoms with Gasteiger partial charge in [0, 0.05) is 36.9 Å². The lowest BCUT2D eigenvalue weighted by atomic mass is 10.2. The Morgan fingerprint density at radius 1 is 1.16 bits per heavy atom. The first kappa shape index (κ1) is 17.4. The quantitative estimate of drug-likeness (QED) is 0.908. The highest BCUT2D eigenvalue weighted by Gasteiger charge is 2.26. The zero-order chi connectivity index (χ0) is 17.8. The lowest BCUT2D eigenvalue weighted by Crippen LogP contribution is -2.54. The molecular formula is C18H20ClN3O3. The number of nitrogens with one attached hydrogen (secondary N) is 1. The lowest BCUT2D eigenvalue weighted by Gasteiger charge is -2.37. The van der Waals surface area contributed by atoms with Gasteiger partial charge in [0.25, 0.3) is 5.91 Å². The summed E-state index contributed by atoms with van der Waals surface area (Å²) < 4.78 is 5.04. The summed E-state index contributed by atoms with van der Waals surface area (Å²) >= 11 is 6.04. The normalized spacial score (nSPS) is 15.8. The van der Waals surface area contributed by atoms with Crippen LogP contribution in [0, 0.1) is 0 Å². The molecule has 0 spiro atoms. The van der Waals surface area contributed by atoms with Crippen molar-refractivity contribution in [2.24, 2.45) is 0 Å². The van der Waals surface area contributed by atoms with Gasteiger partial charge < -0.3 is 19.5 Å². The Hall–Kier alpha value is -2.47. The van der Waals surface area contributed by atoms with E-state index >= 15 is 0 Å². The monoisotopic (exact) mass is 361 g/mol. The fourth-order valence-electron chi connectivity index (χ4n) is 2.87. The molecule has 1 fully saturated rings. The van der Waals surface area contributed by atoms with Gasteiger partial charge in [0.2, 0.25) is 5.91 Å². The number of amides is 2. The van der Waals surface area contributed by atoms with E-state index in [0.29, 0.717) is 18.1 Å². The number of nitrogens with zero attached hydrogens (tertiary/aromatic N) is 2. The molecule has 25 heavy (non-hydrogen) atoms. The number of halogens is 1. The van der Waals surface area contributed by atoms with Crippen LogP contribution in [0.1, 0.15) is 17.5 Å². The van der Waals surface area contributed by atoms with Crippen molar-refractivity contribution in [2.75, 3.05) is 31.1 Å². The molecule has 7 heteroatoms. The molecule has 1 aliphatic heterocycles. The first-order valence-electron chi connectivity index (χ1n) is 8.18. The van der Waals surface area contributed by atoms with E-state index in [0.717, 1.165) is 18.8 Å². The molecule has 6 nitrogen and oxygen atoms in total. The van der Waals surface area contributed by atoms with E-state index in [2.05, 4.69) is 10.2 Å². The van der Waals surface area contributed by atoms with Gasteiger partial charge in [0.15, 0.2) is 5.76 Å². The van der Waals surface area contributed by atoms with Crippen molar-refractivity contribution in [2.45, 2.75) is 13.0 Å². The number of benzene rings is 1. The maximum atomic E-state index is 12.5. The number of furan rings is 1. The number of piperazine rings is 1. The van der Waals surface area contributed by atoms with Crippen molar-refractivity contribution in [3.63, 3.8) is 0 Å². The van der Waals surface area contributed by atoms with Crippen molar-refractivity contribution in [3.05, 3.63) is 53.4 Å². The molecule has 0 radical (unpaired) electrons. The second-order valence-corrected chi connectivity index (χ2v) is 6.40. The highest BCUT2D eigenvalue weighted by atomic mass is 35.5. The van der Waals surface area contributed by atoms with Gasteiger partial charge in [-0.25, -0.2) is 0 Å². The molecule has 1 aliphatic rings. The summed E-state index contributed by atoms with van der Waals surface area (Å²) in [5.74, 6) is -0.278. The van der Waals surface area contributed by atoms with Gasteiger partial charge in [-0.1, -0.05) is 17.7 Å². The SMILES string of the molecule is C[C@@H](NC(=O)c1ccco1)C(=O)N1CCN(c2cccc(Cl)c2)CC1. The van der Waals surface area contributed by atoms with Crippen LogP contribution < -0.4 is 10.2 Å². The molecule has 0 bridgehead atoms. The minimum atomic E-state index is -0.602. The highest BCUT2D eigenvalue weighted by Crippen LogP contribution is 2.21. The van der Waals surface area contributed by atoms with Crippen LogP contribution in [0.15, 0.2) is 47.1 Å². The van der Waals surface area contributed by atoms with Crippen molar-refractivity contribution in [1.29, 1.82) is 0 Å². The Bertz CT molecular complexity index is 740. The molecule has 1 saturated heterocycles. The predicted octanol–water partition coefficient (Wildman–Crippen LogP) is 2.40. The van der Waals surface area contributed by atoms with Crippen LogP contribution in [0.25, 0.3) is 0 Å². The molecular weight excluding hydrogens is 342 g/mol. The summed E-state index contributed by atoms with van der Waals surface area (Å²) in [7, 11) is 0. The molecule has 1 N–H and O–H groups in total. The summed E-state index contributed by atoms with van der Waals surface area (Å²) in [6, 6.07) is 10.3. The summed E-state index contributed by atoms with van der Waals surface area (Å²) in [4.78, 5) is 28.5. The Morgan fingerprint density at radius 3 is 2.56 bits per heavy atom. The van der Waals surface area contributed by atoms with E-state index < -0.39 is 6.04 Å². The van der Waals surface area contributed by atoms with E-state index in [-0.39, 0.29) is 17.6 Å². The van der Waals surface area contributed by atoms with Crippen LogP contribution in [0.4, 0.5) is 5.69 Å². The third-order valence-corrected chi connectivity index (χ3v) is 4.46. The Balaban J connectivity index is 1.53. The summed E-state index contributed by atoms with van der Waals surface area (Å²) in [5, 5.41) is 3.37. The second-order valence-electron chi connectivity index (χ2n) is 5.96. The summed E-state index contributed by atoms with van der Waals surface area (Å²) in [5.41, 5.74) is 1.05. The number of hydrogen-bond acceptors (Lipinski definition) is 4. The highest BCUT2D eigenvalue weighted by molar-refractivity contribution is 6.30. The first-order valence-corrected chi connectivity index (χ1v) is 8.56. The molecule has 2 aromatic rings. The molecule has 1 aromatic carbocycles.